The molecule has 0 aliphatic carbocycles. The number of rotatable bonds is 6. The van der Waals surface area contributed by atoms with Crippen LogP contribution in [0.5, 0.6) is 11.5 Å². The maximum atomic E-state index is 12.4. The van der Waals surface area contributed by atoms with E-state index in [-0.39, 0.29) is 30.4 Å². The Morgan fingerprint density at radius 2 is 1.75 bits per heavy atom. The van der Waals surface area contributed by atoms with Gasteiger partial charge in [0.25, 0.3) is 5.91 Å². The molecule has 0 fully saturated rings. The second-order valence-corrected chi connectivity index (χ2v) is 6.41. The van der Waals surface area contributed by atoms with Crippen LogP contribution in [0.15, 0.2) is 36.4 Å². The van der Waals surface area contributed by atoms with Crippen LogP contribution in [0.2, 0.25) is 0 Å². The van der Waals surface area contributed by atoms with Crippen LogP contribution < -0.4 is 20.1 Å². The maximum absolute atomic E-state index is 12.4. The van der Waals surface area contributed by atoms with Gasteiger partial charge in [-0.1, -0.05) is 12.1 Å². The largest absolute Gasteiger partial charge is 0.486 e. The smallest absolute Gasteiger partial charge is 0.253 e. The molecule has 28 heavy (non-hydrogen) atoms. The quantitative estimate of drug-likeness (QED) is 0.750. The first-order valence-electron chi connectivity index (χ1n) is 9.04. The van der Waals surface area contributed by atoms with Gasteiger partial charge in [-0.25, -0.2) is 0 Å². The molecule has 146 valence electrons. The normalized spacial score (nSPS) is 12.2. The van der Waals surface area contributed by atoms with Gasteiger partial charge < -0.3 is 20.1 Å². The van der Waals surface area contributed by atoms with E-state index in [0.717, 1.165) is 5.56 Å². The minimum Gasteiger partial charge on any atom is -0.486 e. The minimum absolute atomic E-state index is 0.00833. The molecule has 2 N–H and O–H groups in total. The van der Waals surface area contributed by atoms with E-state index in [1.165, 1.54) is 7.05 Å². The van der Waals surface area contributed by atoms with E-state index in [0.29, 0.717) is 41.5 Å². The summed E-state index contributed by atoms with van der Waals surface area (Å²) in [4.78, 5) is 36.8. The Hall–Kier alpha value is -3.35. The number of amides is 2. The highest BCUT2D eigenvalue weighted by atomic mass is 16.6. The van der Waals surface area contributed by atoms with Crippen molar-refractivity contribution in [1.82, 2.24) is 5.32 Å². The predicted molar refractivity (Wildman–Crippen MR) is 104 cm³/mol. The molecule has 1 aliphatic rings. The Morgan fingerprint density at radius 3 is 2.50 bits per heavy atom. The van der Waals surface area contributed by atoms with Crippen LogP contribution in [-0.4, -0.2) is 37.9 Å². The zero-order chi connectivity index (χ0) is 20.1. The molecule has 7 heteroatoms. The van der Waals surface area contributed by atoms with Crippen LogP contribution in [0.3, 0.4) is 0 Å². The fraction of sp³-hybridized carbons (Fsp3) is 0.286. The number of ketones is 1. The van der Waals surface area contributed by atoms with Gasteiger partial charge in [-0.05, 0) is 36.8 Å². The second-order valence-electron chi connectivity index (χ2n) is 6.41. The number of hydrogen-bond acceptors (Lipinski definition) is 5. The molecule has 0 bridgehead atoms. The van der Waals surface area contributed by atoms with Crippen molar-refractivity contribution in [3.05, 3.63) is 53.1 Å². The number of nitrogens with one attached hydrogen (secondary N) is 2. The van der Waals surface area contributed by atoms with Crippen molar-refractivity contribution in [2.45, 2.75) is 19.8 Å². The van der Waals surface area contributed by atoms with Crippen molar-refractivity contribution in [1.29, 1.82) is 0 Å². The fourth-order valence-corrected chi connectivity index (χ4v) is 3.00. The highest BCUT2D eigenvalue weighted by Gasteiger charge is 2.18. The third-order valence-corrected chi connectivity index (χ3v) is 4.44. The van der Waals surface area contributed by atoms with Gasteiger partial charge in [0, 0.05) is 25.5 Å². The number of Topliss-reactive ketones (excluding diaryl/α,β-unsaturated/α-hetero) is 1. The number of benzene rings is 2. The fourth-order valence-electron chi connectivity index (χ4n) is 3.00. The molecular weight excluding hydrogens is 360 g/mol. The van der Waals surface area contributed by atoms with Gasteiger partial charge in [0.05, 0.1) is 11.3 Å². The summed E-state index contributed by atoms with van der Waals surface area (Å²) in [6, 6.07) is 10.2. The molecule has 7 nitrogen and oxygen atoms in total. The molecule has 2 aromatic rings. The number of ether oxygens (including phenoxy) is 2. The first-order valence-corrected chi connectivity index (χ1v) is 9.04. The molecule has 3 rings (SSSR count). The van der Waals surface area contributed by atoms with Gasteiger partial charge in [0.1, 0.15) is 13.2 Å². The standard InChI is InChI=1S/C21H22N2O5/c1-13-4-3-5-15(20(13)21(26)22-2)23-19(25)9-7-16(24)14-6-8-17-18(12-14)28-11-10-27-17/h3-6,8,12H,7,9-11H2,1-2H3,(H,22,26)(H,23,25). The lowest BCUT2D eigenvalue weighted by atomic mass is 10.0. The summed E-state index contributed by atoms with van der Waals surface area (Å²) in [5.74, 6) is 0.378. The van der Waals surface area contributed by atoms with E-state index in [9.17, 15) is 14.4 Å². The van der Waals surface area contributed by atoms with E-state index in [1.807, 2.05) is 0 Å². The molecule has 2 aromatic carbocycles. The lowest BCUT2D eigenvalue weighted by molar-refractivity contribution is -0.116. The van der Waals surface area contributed by atoms with Crippen molar-refractivity contribution in [3.8, 4) is 11.5 Å². The van der Waals surface area contributed by atoms with Crippen molar-refractivity contribution in [2.24, 2.45) is 0 Å². The summed E-state index contributed by atoms with van der Waals surface area (Å²) in [5.41, 5.74) is 2.07. The van der Waals surface area contributed by atoms with Gasteiger partial charge in [-0.3, -0.25) is 14.4 Å². The summed E-state index contributed by atoms with van der Waals surface area (Å²) >= 11 is 0. The van der Waals surface area contributed by atoms with Crippen LogP contribution in [-0.2, 0) is 4.79 Å². The van der Waals surface area contributed by atoms with Gasteiger partial charge in [0.2, 0.25) is 5.91 Å². The lowest BCUT2D eigenvalue weighted by Gasteiger charge is -2.18. The number of hydrogen-bond donors (Lipinski definition) is 2. The Morgan fingerprint density at radius 1 is 1.00 bits per heavy atom. The molecule has 0 saturated carbocycles. The SMILES string of the molecule is CNC(=O)c1c(C)cccc1NC(=O)CCC(=O)c1ccc2c(c1)OCCO2. The van der Waals surface area contributed by atoms with Gasteiger partial charge in [-0.2, -0.15) is 0 Å². The second kappa shape index (κ2) is 8.56. The Labute approximate surface area is 163 Å². The number of aryl methyl sites for hydroxylation is 1. The molecule has 0 aromatic heterocycles. The van der Waals surface area contributed by atoms with Crippen molar-refractivity contribution in [2.75, 3.05) is 25.6 Å². The predicted octanol–water partition coefficient (Wildman–Crippen LogP) is 2.73. The molecule has 0 unspecified atom stereocenters. The van der Waals surface area contributed by atoms with Crippen LogP contribution in [0.4, 0.5) is 5.69 Å². The highest BCUT2D eigenvalue weighted by molar-refractivity contribution is 6.05. The first-order chi connectivity index (χ1) is 13.5. The first kappa shape index (κ1) is 19.4. The molecular formula is C21H22N2O5. The van der Waals surface area contributed by atoms with Crippen molar-refractivity contribution < 1.29 is 23.9 Å². The Kier molecular flexibility index (Phi) is 5.93. The maximum Gasteiger partial charge on any atom is 0.253 e. The van der Waals surface area contributed by atoms with E-state index >= 15 is 0 Å². The van der Waals surface area contributed by atoms with Gasteiger partial charge in [0.15, 0.2) is 17.3 Å². The monoisotopic (exact) mass is 382 g/mol. The summed E-state index contributed by atoms with van der Waals surface area (Å²) in [5, 5.41) is 5.29. The number of anilines is 1. The molecule has 0 atom stereocenters. The van der Waals surface area contributed by atoms with Crippen LogP contribution >= 0.6 is 0 Å². The molecule has 1 aliphatic heterocycles. The topological polar surface area (TPSA) is 93.7 Å². The summed E-state index contributed by atoms with van der Waals surface area (Å²) in [6.07, 6.45) is 0.0565. The zero-order valence-corrected chi connectivity index (χ0v) is 15.8. The summed E-state index contributed by atoms with van der Waals surface area (Å²) in [7, 11) is 1.53. The van der Waals surface area contributed by atoms with Crippen molar-refractivity contribution in [3.63, 3.8) is 0 Å². The number of carbonyl (C=O) groups is 3. The van der Waals surface area contributed by atoms with Gasteiger partial charge >= 0.3 is 0 Å². The van der Waals surface area contributed by atoms with Crippen LogP contribution in [0.25, 0.3) is 0 Å². The Balaban J connectivity index is 1.63. The van der Waals surface area contributed by atoms with E-state index in [4.69, 9.17) is 9.47 Å². The average Bonchev–Trinajstić information content (AvgIpc) is 2.71. The average molecular weight is 382 g/mol. The number of fused-ring (bicyclic) bond motifs is 1. The number of carbonyl (C=O) groups excluding carboxylic acids is 3. The molecule has 2 amide bonds. The third kappa shape index (κ3) is 4.31. The molecule has 0 radical (unpaired) electrons. The van der Waals surface area contributed by atoms with Crippen molar-refractivity contribution >= 4 is 23.3 Å². The van der Waals surface area contributed by atoms with E-state index in [1.54, 1.807) is 43.3 Å². The van der Waals surface area contributed by atoms with E-state index in [2.05, 4.69) is 10.6 Å². The van der Waals surface area contributed by atoms with Crippen LogP contribution in [0, 0.1) is 6.92 Å². The molecule has 0 saturated heterocycles. The van der Waals surface area contributed by atoms with Gasteiger partial charge in [-0.15, -0.1) is 0 Å². The highest BCUT2D eigenvalue weighted by Crippen LogP contribution is 2.31. The zero-order valence-electron chi connectivity index (χ0n) is 15.8. The minimum atomic E-state index is -0.332. The summed E-state index contributed by atoms with van der Waals surface area (Å²) < 4.78 is 10.9. The van der Waals surface area contributed by atoms with Crippen LogP contribution in [0.1, 0.15) is 39.1 Å². The third-order valence-electron chi connectivity index (χ3n) is 4.44. The lowest BCUT2D eigenvalue weighted by Crippen LogP contribution is -2.22. The summed E-state index contributed by atoms with van der Waals surface area (Å²) in [6.45, 7) is 2.72. The molecule has 0 spiro atoms. The molecule has 1 heterocycles. The van der Waals surface area contributed by atoms with E-state index < -0.39 is 0 Å². The Bertz CT molecular complexity index is 923.